The lowest BCUT2D eigenvalue weighted by Gasteiger charge is -2.12. The van der Waals surface area contributed by atoms with Crippen molar-refractivity contribution >= 4 is 22.7 Å². The van der Waals surface area contributed by atoms with Crippen LogP contribution in [0.15, 0.2) is 16.5 Å². The van der Waals surface area contributed by atoms with E-state index in [9.17, 15) is 5.11 Å². The number of aromatic hydroxyl groups is 1. The third-order valence-corrected chi connectivity index (χ3v) is 3.77. The van der Waals surface area contributed by atoms with Crippen LogP contribution in [0.25, 0.3) is 0 Å². The maximum Gasteiger partial charge on any atom is 0.203 e. The van der Waals surface area contributed by atoms with Crippen molar-refractivity contribution in [3.05, 3.63) is 33.8 Å². The van der Waals surface area contributed by atoms with Gasteiger partial charge in [-0.1, -0.05) is 0 Å². The molecule has 1 heterocycles. The van der Waals surface area contributed by atoms with E-state index >= 15 is 0 Å². The number of thiazole rings is 1. The van der Waals surface area contributed by atoms with Crippen molar-refractivity contribution in [2.75, 3.05) is 12.5 Å². The summed E-state index contributed by atoms with van der Waals surface area (Å²) in [4.78, 5) is 4.24. The molecule has 5 nitrogen and oxygen atoms in total. The molecule has 1 aromatic heterocycles. The fourth-order valence-corrected chi connectivity index (χ4v) is 2.63. The molecule has 0 atom stereocenters. The average Bonchev–Trinajstić information content (AvgIpc) is 2.79. The van der Waals surface area contributed by atoms with Crippen molar-refractivity contribution < 1.29 is 9.84 Å². The van der Waals surface area contributed by atoms with E-state index in [0.29, 0.717) is 5.56 Å². The van der Waals surface area contributed by atoms with Crippen LogP contribution in [-0.4, -0.2) is 23.4 Å². The van der Waals surface area contributed by atoms with Crippen LogP contribution in [-0.2, 0) is 0 Å². The second-order valence-corrected chi connectivity index (χ2v) is 5.31. The van der Waals surface area contributed by atoms with Crippen LogP contribution in [0, 0.1) is 20.8 Å². The highest BCUT2D eigenvalue weighted by atomic mass is 32.1. The van der Waals surface area contributed by atoms with E-state index in [0.717, 1.165) is 27.7 Å². The first kappa shape index (κ1) is 14.3. The lowest BCUT2D eigenvalue weighted by molar-refractivity contribution is 0.405. The van der Waals surface area contributed by atoms with Gasteiger partial charge in [0.15, 0.2) is 0 Å². The summed E-state index contributed by atoms with van der Waals surface area (Å²) in [6.07, 6.45) is 1.57. The Labute approximate surface area is 121 Å². The fraction of sp³-hybridized carbons (Fsp3) is 0.286. The number of rotatable bonds is 4. The molecule has 0 amide bonds. The highest BCUT2D eigenvalue weighted by Gasteiger charge is 2.11. The first-order valence-corrected chi connectivity index (χ1v) is 6.99. The van der Waals surface area contributed by atoms with Crippen molar-refractivity contribution in [2.24, 2.45) is 5.10 Å². The summed E-state index contributed by atoms with van der Waals surface area (Å²) in [6.45, 7) is 5.70. The first-order valence-electron chi connectivity index (χ1n) is 6.11. The Morgan fingerprint density at radius 1 is 1.40 bits per heavy atom. The van der Waals surface area contributed by atoms with Crippen molar-refractivity contribution in [3.63, 3.8) is 0 Å². The summed E-state index contributed by atoms with van der Waals surface area (Å²) in [6, 6.07) is 1.67. The van der Waals surface area contributed by atoms with Gasteiger partial charge in [-0.25, -0.2) is 4.98 Å². The molecule has 0 unspecified atom stereocenters. The smallest absolute Gasteiger partial charge is 0.203 e. The molecule has 0 bridgehead atoms. The van der Waals surface area contributed by atoms with Crippen LogP contribution in [0.3, 0.4) is 0 Å². The van der Waals surface area contributed by atoms with Gasteiger partial charge in [-0.2, -0.15) is 5.10 Å². The molecule has 20 heavy (non-hydrogen) atoms. The number of anilines is 1. The van der Waals surface area contributed by atoms with Gasteiger partial charge < -0.3 is 9.84 Å². The Bertz CT molecular complexity index is 650. The monoisotopic (exact) mass is 291 g/mol. The Morgan fingerprint density at radius 3 is 2.75 bits per heavy atom. The number of phenolic OH excluding ortho intramolecular Hbond substituents is 1. The summed E-state index contributed by atoms with van der Waals surface area (Å²) in [7, 11) is 1.61. The van der Waals surface area contributed by atoms with Gasteiger partial charge in [0.2, 0.25) is 5.13 Å². The van der Waals surface area contributed by atoms with E-state index in [4.69, 9.17) is 4.74 Å². The first-order chi connectivity index (χ1) is 9.52. The van der Waals surface area contributed by atoms with E-state index in [1.807, 2.05) is 26.2 Å². The summed E-state index contributed by atoms with van der Waals surface area (Å²) in [5.74, 6) is 0.941. The second kappa shape index (κ2) is 5.92. The van der Waals surface area contributed by atoms with Gasteiger partial charge in [-0.05, 0) is 32.4 Å². The number of aryl methyl sites for hydroxylation is 2. The molecule has 0 radical (unpaired) electrons. The average molecular weight is 291 g/mol. The van der Waals surface area contributed by atoms with Gasteiger partial charge in [0.05, 0.1) is 19.0 Å². The van der Waals surface area contributed by atoms with Crippen molar-refractivity contribution in [1.82, 2.24) is 4.98 Å². The number of hydrogen-bond donors (Lipinski definition) is 2. The molecule has 0 saturated carbocycles. The highest BCUT2D eigenvalue weighted by Crippen LogP contribution is 2.31. The zero-order chi connectivity index (χ0) is 14.7. The molecule has 106 valence electrons. The molecule has 1 aromatic carbocycles. The molecular formula is C14H17N3O2S. The predicted molar refractivity (Wildman–Crippen MR) is 82.2 cm³/mol. The number of hydrogen-bond acceptors (Lipinski definition) is 6. The van der Waals surface area contributed by atoms with E-state index in [-0.39, 0.29) is 5.75 Å². The SMILES string of the molecule is COc1c(C)cc(O)c(C=NNc2nc(C)cs2)c1C. The summed E-state index contributed by atoms with van der Waals surface area (Å²) in [5.41, 5.74) is 6.17. The van der Waals surface area contributed by atoms with Gasteiger partial charge in [-0.3, -0.25) is 5.43 Å². The van der Waals surface area contributed by atoms with Crippen molar-refractivity contribution in [1.29, 1.82) is 0 Å². The topological polar surface area (TPSA) is 66.7 Å². The van der Waals surface area contributed by atoms with Gasteiger partial charge in [-0.15, -0.1) is 11.3 Å². The van der Waals surface area contributed by atoms with Crippen molar-refractivity contribution in [2.45, 2.75) is 20.8 Å². The van der Waals surface area contributed by atoms with Crippen LogP contribution in [0.2, 0.25) is 0 Å². The van der Waals surface area contributed by atoms with Gasteiger partial charge in [0.1, 0.15) is 11.5 Å². The van der Waals surface area contributed by atoms with E-state index in [1.165, 1.54) is 11.3 Å². The van der Waals surface area contributed by atoms with E-state index in [1.54, 1.807) is 19.4 Å². The van der Waals surface area contributed by atoms with Crippen LogP contribution >= 0.6 is 11.3 Å². The molecule has 0 saturated heterocycles. The molecule has 0 spiro atoms. The maximum absolute atomic E-state index is 10.0. The number of nitrogens with zero attached hydrogens (tertiary/aromatic N) is 2. The lowest BCUT2D eigenvalue weighted by Crippen LogP contribution is -1.98. The number of aromatic nitrogens is 1. The fourth-order valence-electron chi connectivity index (χ4n) is 1.99. The molecule has 0 aliphatic carbocycles. The highest BCUT2D eigenvalue weighted by molar-refractivity contribution is 7.13. The third kappa shape index (κ3) is 2.91. The van der Waals surface area contributed by atoms with Gasteiger partial charge in [0, 0.05) is 16.5 Å². The zero-order valence-electron chi connectivity index (χ0n) is 11.9. The Kier molecular flexibility index (Phi) is 4.24. The number of phenols is 1. The zero-order valence-corrected chi connectivity index (χ0v) is 12.7. The molecular weight excluding hydrogens is 274 g/mol. The van der Waals surface area contributed by atoms with Gasteiger partial charge >= 0.3 is 0 Å². The molecule has 2 rings (SSSR count). The van der Waals surface area contributed by atoms with Gasteiger partial charge in [0.25, 0.3) is 0 Å². The predicted octanol–water partition coefficient (Wildman–Crippen LogP) is 3.23. The Morgan fingerprint density at radius 2 is 2.15 bits per heavy atom. The van der Waals surface area contributed by atoms with Crippen LogP contribution in [0.4, 0.5) is 5.13 Å². The number of nitrogens with one attached hydrogen (secondary N) is 1. The Hall–Kier alpha value is -2.08. The standard InChI is InChI=1S/C14H17N3O2S/c1-8-5-12(18)11(10(3)13(8)19-4)6-15-17-14-16-9(2)7-20-14/h5-7,18H,1-4H3,(H,16,17). The van der Waals surface area contributed by atoms with Crippen LogP contribution < -0.4 is 10.2 Å². The molecule has 2 aromatic rings. The summed E-state index contributed by atoms with van der Waals surface area (Å²) in [5, 5.41) is 16.8. The molecule has 0 fully saturated rings. The molecule has 6 heteroatoms. The number of hydrazone groups is 1. The van der Waals surface area contributed by atoms with Crippen LogP contribution in [0.5, 0.6) is 11.5 Å². The third-order valence-electron chi connectivity index (χ3n) is 2.91. The maximum atomic E-state index is 10.0. The molecule has 2 N–H and O–H groups in total. The second-order valence-electron chi connectivity index (χ2n) is 4.45. The van der Waals surface area contributed by atoms with Crippen molar-refractivity contribution in [3.8, 4) is 11.5 Å². The number of methoxy groups -OCH3 is 1. The lowest BCUT2D eigenvalue weighted by atomic mass is 10.0. The Balaban J connectivity index is 2.24. The summed E-state index contributed by atoms with van der Waals surface area (Å²) < 4.78 is 5.34. The molecule has 0 aliphatic heterocycles. The summed E-state index contributed by atoms with van der Waals surface area (Å²) >= 11 is 1.48. The minimum absolute atomic E-state index is 0.182. The largest absolute Gasteiger partial charge is 0.507 e. The normalized spacial score (nSPS) is 11.0. The van der Waals surface area contributed by atoms with E-state index in [2.05, 4.69) is 15.5 Å². The molecule has 0 aliphatic rings. The van der Waals surface area contributed by atoms with Crippen LogP contribution in [0.1, 0.15) is 22.4 Å². The number of ether oxygens (including phenoxy) is 1. The van der Waals surface area contributed by atoms with E-state index < -0.39 is 0 Å². The number of benzene rings is 1. The minimum atomic E-state index is 0.182. The quantitative estimate of drug-likeness (QED) is 0.670. The minimum Gasteiger partial charge on any atom is -0.507 e.